The zero-order valence-electron chi connectivity index (χ0n) is 4.59. The van der Waals surface area contributed by atoms with Gasteiger partial charge >= 0.3 is 87.7 Å². The second-order valence-electron chi connectivity index (χ2n) is 0.289. The Balaban J connectivity index is -0.0000000257. The van der Waals surface area contributed by atoms with Gasteiger partial charge in [0.15, 0.2) is 0 Å². The van der Waals surface area contributed by atoms with Crippen molar-refractivity contribution >= 4 is 46.5 Å². The molecule has 1 radical (unpaired) electrons. The quantitative estimate of drug-likeness (QED) is 0.383. The van der Waals surface area contributed by atoms with Crippen LogP contribution in [0.5, 0.6) is 0 Å². The van der Waals surface area contributed by atoms with Gasteiger partial charge in [0, 0.05) is 0 Å². The molecule has 0 aliphatic rings. The van der Waals surface area contributed by atoms with E-state index in [9.17, 15) is 0 Å². The molecule has 6 nitrogen and oxygen atoms in total. The monoisotopic (exact) mass is 229 g/mol. The first-order chi connectivity index (χ1) is 4.24. The molecule has 0 amide bonds. The van der Waals surface area contributed by atoms with Crippen molar-refractivity contribution in [2.45, 2.75) is 0 Å². The molecule has 0 atom stereocenters. The molecule has 0 aliphatic carbocycles. The number of hydrogen-bond acceptors (Lipinski definition) is 6. The molecule has 0 unspecified atom stereocenters. The molecule has 0 rings (SSSR count). The maximum atomic E-state index is 8.46. The van der Waals surface area contributed by atoms with Crippen LogP contribution < -0.4 is 12.5 Å². The van der Waals surface area contributed by atoms with Crippen LogP contribution in [-0.4, -0.2) is 46.5 Å². The van der Waals surface area contributed by atoms with Crippen LogP contribution in [0.1, 0.15) is 0 Å². The third kappa shape index (κ3) is 649. The molecule has 10 heavy (non-hydrogen) atoms. The van der Waals surface area contributed by atoms with Gasteiger partial charge in [-0.3, -0.25) is 0 Å². The summed E-state index contributed by atoms with van der Waals surface area (Å²) in [5.74, 6) is 0. The maximum absolute atomic E-state index is 8.46. The average Bonchev–Trinajstić information content (AvgIpc) is 1.70. The van der Waals surface area contributed by atoms with Crippen molar-refractivity contribution in [1.82, 2.24) is 0 Å². The summed E-state index contributed by atoms with van der Waals surface area (Å²) in [6, 6.07) is 0. The van der Waals surface area contributed by atoms with E-state index in [4.69, 9.17) is 23.9 Å². The molecule has 0 saturated carbocycles. The van der Waals surface area contributed by atoms with Gasteiger partial charge in [-0.1, -0.05) is 0 Å². The van der Waals surface area contributed by atoms with Gasteiger partial charge in [0.05, 0.1) is 0 Å². The van der Waals surface area contributed by atoms with Gasteiger partial charge in [0.25, 0.3) is 0 Å². The van der Waals surface area contributed by atoms with Crippen LogP contribution >= 0.6 is 0 Å². The Morgan fingerprint density at radius 2 is 0.700 bits per heavy atom. The topological polar surface area (TPSA) is 120 Å². The molecule has 0 aliphatic heterocycles. The summed E-state index contributed by atoms with van der Waals surface area (Å²) in [6.45, 7) is 0. The minimum atomic E-state index is -1.75. The predicted octanol–water partition coefficient (Wildman–Crippen LogP) is -5.07. The van der Waals surface area contributed by atoms with Crippen molar-refractivity contribution in [2.24, 2.45) is 0 Å². The van der Waals surface area contributed by atoms with Gasteiger partial charge in [-0.25, -0.2) is 0 Å². The second kappa shape index (κ2) is 51.3. The molecule has 0 N–H and O–H groups in total. The third-order valence-corrected chi connectivity index (χ3v) is 0. The van der Waals surface area contributed by atoms with E-state index in [1.54, 1.807) is 0 Å². The molecule has 0 heterocycles. The SMILES string of the molecule is [Cr+3].[O]=[Al][O-].[O]=[Al][O-].[O]=[Al][O-]. The summed E-state index contributed by atoms with van der Waals surface area (Å²) < 4.78 is 50.8. The fourth-order valence-electron chi connectivity index (χ4n) is 0. The van der Waals surface area contributed by atoms with Crippen LogP contribution in [0.25, 0.3) is 0 Å². The summed E-state index contributed by atoms with van der Waals surface area (Å²) in [6.07, 6.45) is 0. The van der Waals surface area contributed by atoms with Crippen molar-refractivity contribution in [2.75, 3.05) is 0 Å². The second-order valence-corrected chi connectivity index (χ2v) is 0.866. The van der Waals surface area contributed by atoms with E-state index in [0.29, 0.717) is 0 Å². The Morgan fingerprint density at radius 1 is 0.700 bits per heavy atom. The van der Waals surface area contributed by atoms with Gasteiger partial charge in [-0.2, -0.15) is 0 Å². The molecular weight excluding hydrogens is 229 g/mol. The van der Waals surface area contributed by atoms with E-state index < -0.39 is 46.5 Å². The fourth-order valence-corrected chi connectivity index (χ4v) is 0. The zero-order chi connectivity index (χ0) is 8.12. The normalized spacial score (nSPS) is 2.40. The first kappa shape index (κ1) is 22.4. The van der Waals surface area contributed by atoms with Crippen LogP contribution in [0.3, 0.4) is 0 Å². The summed E-state index contributed by atoms with van der Waals surface area (Å²) in [4.78, 5) is 0. The Bertz CT molecular complexity index is 49.7. The Kier molecular flexibility index (Phi) is 115. The summed E-state index contributed by atoms with van der Waals surface area (Å²) in [5.41, 5.74) is 0. The number of hydrogen-bond donors (Lipinski definition) is 0. The molecule has 51 valence electrons. The van der Waals surface area contributed by atoms with Crippen LogP contribution in [0.4, 0.5) is 0 Å². The van der Waals surface area contributed by atoms with Crippen molar-refractivity contribution in [3.63, 3.8) is 0 Å². The summed E-state index contributed by atoms with van der Waals surface area (Å²) in [7, 11) is 0. The van der Waals surface area contributed by atoms with E-state index in [1.807, 2.05) is 0 Å². The molecule has 0 aromatic heterocycles. The van der Waals surface area contributed by atoms with E-state index in [0.717, 1.165) is 0 Å². The van der Waals surface area contributed by atoms with E-state index in [2.05, 4.69) is 0 Å². The van der Waals surface area contributed by atoms with Crippen molar-refractivity contribution in [1.29, 1.82) is 0 Å². The standard InChI is InChI=1S/3Al.Cr.6O/q;;;+3;;;;3*-1. The third-order valence-electron chi connectivity index (χ3n) is 0. The average molecular weight is 229 g/mol. The van der Waals surface area contributed by atoms with Crippen molar-refractivity contribution < 1.29 is 41.2 Å². The molecule has 0 fully saturated rings. The summed E-state index contributed by atoms with van der Waals surface area (Å²) in [5, 5.41) is 0. The molecule has 0 aromatic rings. The Morgan fingerprint density at radius 3 is 0.700 bits per heavy atom. The van der Waals surface area contributed by atoms with Crippen molar-refractivity contribution in [3.05, 3.63) is 0 Å². The van der Waals surface area contributed by atoms with Crippen LogP contribution in [-0.2, 0) is 28.8 Å². The van der Waals surface area contributed by atoms with Crippen LogP contribution in [0, 0.1) is 0 Å². The van der Waals surface area contributed by atoms with E-state index in [-0.39, 0.29) is 17.4 Å². The minimum absolute atomic E-state index is 0. The predicted molar refractivity (Wildman–Crippen MR) is 19.3 cm³/mol. The van der Waals surface area contributed by atoms with Crippen LogP contribution in [0.15, 0.2) is 0 Å². The van der Waals surface area contributed by atoms with Gasteiger partial charge in [0.1, 0.15) is 0 Å². The van der Waals surface area contributed by atoms with E-state index in [1.165, 1.54) is 0 Å². The van der Waals surface area contributed by atoms with Gasteiger partial charge in [-0.15, -0.1) is 0 Å². The summed E-state index contributed by atoms with van der Waals surface area (Å²) >= 11 is -5.25. The molecule has 0 bridgehead atoms. The van der Waals surface area contributed by atoms with Crippen LogP contribution in [0.2, 0.25) is 0 Å². The van der Waals surface area contributed by atoms with E-state index >= 15 is 0 Å². The van der Waals surface area contributed by atoms with Gasteiger partial charge in [-0.05, 0) is 0 Å². The number of rotatable bonds is 0. The molecule has 0 saturated heterocycles. The van der Waals surface area contributed by atoms with Gasteiger partial charge in [0.2, 0.25) is 0 Å². The van der Waals surface area contributed by atoms with Gasteiger partial charge < -0.3 is 0 Å². The molecule has 0 aromatic carbocycles. The molecular formula is Al3CrO6. The molecule has 10 heteroatoms. The zero-order valence-corrected chi connectivity index (χ0v) is 9.33. The molecule has 0 spiro atoms. The van der Waals surface area contributed by atoms with Crippen molar-refractivity contribution in [3.8, 4) is 0 Å². The first-order valence-electron chi connectivity index (χ1n) is 1.41. The Hall–Kier alpha value is 0.930. The first-order valence-corrected chi connectivity index (χ1v) is 4.24. The Labute approximate surface area is 87.2 Å². The fraction of sp³-hybridized carbons (Fsp3) is 0.